The van der Waals surface area contributed by atoms with Crippen LogP contribution in [0.1, 0.15) is 44.6 Å². The first-order valence-electron chi connectivity index (χ1n) is 9.48. The Kier molecular flexibility index (Phi) is 6.13. The number of amides is 1. The van der Waals surface area contributed by atoms with E-state index in [1.165, 1.54) is 37.8 Å². The number of benzene rings is 1. The third kappa shape index (κ3) is 4.50. The van der Waals surface area contributed by atoms with E-state index in [-0.39, 0.29) is 12.5 Å². The van der Waals surface area contributed by atoms with Crippen LogP contribution in [0.25, 0.3) is 0 Å². The lowest BCUT2D eigenvalue weighted by Crippen LogP contribution is -2.52. The van der Waals surface area contributed by atoms with Crippen molar-refractivity contribution in [2.75, 3.05) is 26.2 Å². The van der Waals surface area contributed by atoms with E-state index in [1.807, 2.05) is 18.2 Å². The van der Waals surface area contributed by atoms with Crippen molar-refractivity contribution < 1.29 is 9.53 Å². The highest BCUT2D eigenvalue weighted by atomic mass is 16.5. The van der Waals surface area contributed by atoms with Gasteiger partial charge in [-0.05, 0) is 56.2 Å². The minimum Gasteiger partial charge on any atom is -0.483 e. The number of hydrogen-bond acceptors (Lipinski definition) is 3. The van der Waals surface area contributed by atoms with Gasteiger partial charge in [0.25, 0.3) is 5.91 Å². The molecule has 0 aromatic heterocycles. The molecule has 0 unspecified atom stereocenters. The number of likely N-dealkylation sites (tertiary alicyclic amines) is 1. The third-order valence-electron chi connectivity index (χ3n) is 5.31. The minimum atomic E-state index is 0.0179. The molecular formula is C20H30N2O2. The summed E-state index contributed by atoms with van der Waals surface area (Å²) in [7, 11) is 0. The van der Waals surface area contributed by atoms with Crippen molar-refractivity contribution in [3.05, 3.63) is 29.8 Å². The Morgan fingerprint density at radius 3 is 3.00 bits per heavy atom. The Balaban J connectivity index is 1.68. The zero-order valence-corrected chi connectivity index (χ0v) is 14.8. The van der Waals surface area contributed by atoms with Gasteiger partial charge >= 0.3 is 0 Å². The van der Waals surface area contributed by atoms with Gasteiger partial charge in [-0.1, -0.05) is 31.5 Å². The average molecular weight is 330 g/mol. The molecule has 4 heteroatoms. The molecule has 132 valence electrons. The number of piperidine rings is 1. The van der Waals surface area contributed by atoms with Gasteiger partial charge < -0.3 is 15.0 Å². The molecule has 3 rings (SSSR count). The summed E-state index contributed by atoms with van der Waals surface area (Å²) in [5, 5.41) is 3.24. The van der Waals surface area contributed by atoms with Gasteiger partial charge in [0.2, 0.25) is 0 Å². The van der Waals surface area contributed by atoms with Crippen LogP contribution in [0.4, 0.5) is 0 Å². The van der Waals surface area contributed by atoms with E-state index in [0.29, 0.717) is 12.0 Å². The van der Waals surface area contributed by atoms with Crippen LogP contribution >= 0.6 is 0 Å². The van der Waals surface area contributed by atoms with Gasteiger partial charge in [0.15, 0.2) is 6.61 Å². The lowest BCUT2D eigenvalue weighted by Gasteiger charge is -2.39. The Morgan fingerprint density at radius 1 is 1.25 bits per heavy atom. The molecule has 2 heterocycles. The zero-order valence-electron chi connectivity index (χ0n) is 14.8. The molecule has 2 atom stereocenters. The van der Waals surface area contributed by atoms with E-state index in [0.717, 1.165) is 31.7 Å². The average Bonchev–Trinajstić information content (AvgIpc) is 2.59. The largest absolute Gasteiger partial charge is 0.483 e. The Bertz CT molecular complexity index is 546. The summed E-state index contributed by atoms with van der Waals surface area (Å²) < 4.78 is 5.79. The fourth-order valence-corrected chi connectivity index (χ4v) is 4.07. The molecule has 24 heavy (non-hydrogen) atoms. The zero-order chi connectivity index (χ0) is 16.8. The highest BCUT2D eigenvalue weighted by Crippen LogP contribution is 2.26. The van der Waals surface area contributed by atoms with Crippen molar-refractivity contribution in [2.24, 2.45) is 5.92 Å². The summed E-state index contributed by atoms with van der Waals surface area (Å²) in [4.78, 5) is 14.9. The maximum absolute atomic E-state index is 12.3. The maximum Gasteiger partial charge on any atom is 0.258 e. The second-order valence-electron chi connectivity index (χ2n) is 7.17. The molecule has 0 radical (unpaired) electrons. The van der Waals surface area contributed by atoms with Gasteiger partial charge in [-0.3, -0.25) is 4.79 Å². The van der Waals surface area contributed by atoms with E-state index in [4.69, 9.17) is 4.74 Å². The van der Waals surface area contributed by atoms with Crippen molar-refractivity contribution >= 4 is 5.91 Å². The topological polar surface area (TPSA) is 41.6 Å². The number of nitrogens with one attached hydrogen (secondary N) is 1. The molecular weight excluding hydrogens is 300 g/mol. The van der Waals surface area contributed by atoms with Crippen LogP contribution in [0.15, 0.2) is 24.3 Å². The number of ether oxygens (including phenoxy) is 1. The molecule has 1 fully saturated rings. The van der Waals surface area contributed by atoms with Gasteiger partial charge in [0, 0.05) is 19.1 Å². The highest BCUT2D eigenvalue weighted by molar-refractivity contribution is 5.78. The van der Waals surface area contributed by atoms with Crippen LogP contribution in [0.5, 0.6) is 5.75 Å². The van der Waals surface area contributed by atoms with E-state index < -0.39 is 0 Å². The van der Waals surface area contributed by atoms with Gasteiger partial charge in [-0.15, -0.1) is 0 Å². The van der Waals surface area contributed by atoms with E-state index in [9.17, 15) is 4.79 Å². The maximum atomic E-state index is 12.3. The van der Waals surface area contributed by atoms with Gasteiger partial charge in [0.05, 0.1) is 0 Å². The Hall–Kier alpha value is -1.55. The van der Waals surface area contributed by atoms with Gasteiger partial charge in [-0.25, -0.2) is 0 Å². The molecule has 2 aliphatic rings. The lowest BCUT2D eigenvalue weighted by molar-refractivity contribution is -0.124. The Labute approximate surface area is 145 Å². The van der Waals surface area contributed by atoms with Gasteiger partial charge in [0.1, 0.15) is 5.75 Å². The molecule has 0 saturated carbocycles. The van der Waals surface area contributed by atoms with Crippen molar-refractivity contribution in [2.45, 2.75) is 51.5 Å². The number of nitrogens with zero attached hydrogens (tertiary/aromatic N) is 1. The van der Waals surface area contributed by atoms with Crippen LogP contribution < -0.4 is 10.1 Å². The quantitative estimate of drug-likeness (QED) is 0.906. The number of hydrogen-bond donors (Lipinski definition) is 1. The molecule has 0 aliphatic carbocycles. The molecule has 4 nitrogen and oxygen atoms in total. The Morgan fingerprint density at radius 2 is 2.12 bits per heavy atom. The lowest BCUT2D eigenvalue weighted by atomic mass is 9.87. The smallest absolute Gasteiger partial charge is 0.258 e. The minimum absolute atomic E-state index is 0.0179. The van der Waals surface area contributed by atoms with Crippen molar-refractivity contribution in [1.29, 1.82) is 0 Å². The predicted octanol–water partition coefficient (Wildman–Crippen LogP) is 3.01. The molecule has 2 aliphatic heterocycles. The fourth-order valence-electron chi connectivity index (χ4n) is 4.07. The molecule has 1 aromatic rings. The van der Waals surface area contributed by atoms with Crippen LogP contribution in [0, 0.1) is 5.92 Å². The first-order chi connectivity index (χ1) is 11.8. The first-order valence-corrected chi connectivity index (χ1v) is 9.48. The van der Waals surface area contributed by atoms with E-state index >= 15 is 0 Å². The summed E-state index contributed by atoms with van der Waals surface area (Å²) >= 11 is 0. The van der Waals surface area contributed by atoms with E-state index in [1.54, 1.807) is 0 Å². The monoisotopic (exact) mass is 330 g/mol. The number of carbonyl (C=O) groups is 1. The number of para-hydroxylation sites is 1. The second kappa shape index (κ2) is 8.52. The number of rotatable bonds is 2. The van der Waals surface area contributed by atoms with Crippen LogP contribution in [-0.2, 0) is 11.2 Å². The molecule has 1 saturated heterocycles. The second-order valence-corrected chi connectivity index (χ2v) is 7.17. The summed E-state index contributed by atoms with van der Waals surface area (Å²) in [6, 6.07) is 8.42. The van der Waals surface area contributed by atoms with Crippen molar-refractivity contribution in [1.82, 2.24) is 10.2 Å². The van der Waals surface area contributed by atoms with Crippen LogP contribution in [0.2, 0.25) is 0 Å². The summed E-state index contributed by atoms with van der Waals surface area (Å²) in [6.07, 6.45) is 6.90. The van der Waals surface area contributed by atoms with Crippen molar-refractivity contribution in [3.8, 4) is 5.75 Å². The number of fused-ring (bicyclic) bond motifs is 2. The predicted molar refractivity (Wildman–Crippen MR) is 96.3 cm³/mol. The fraction of sp³-hybridized carbons (Fsp3) is 0.650. The van der Waals surface area contributed by atoms with Crippen molar-refractivity contribution in [3.63, 3.8) is 0 Å². The molecule has 1 aromatic carbocycles. The number of carbonyl (C=O) groups excluding carboxylic acids is 1. The highest BCUT2D eigenvalue weighted by Gasteiger charge is 2.30. The van der Waals surface area contributed by atoms with E-state index in [2.05, 4.69) is 23.2 Å². The summed E-state index contributed by atoms with van der Waals surface area (Å²) in [5.74, 6) is 1.45. The molecule has 0 spiro atoms. The third-order valence-corrected chi connectivity index (χ3v) is 5.31. The normalized spacial score (nSPS) is 26.1. The summed E-state index contributed by atoms with van der Waals surface area (Å²) in [5.41, 5.74) is 1.22. The first kappa shape index (κ1) is 17.3. The SMILES string of the molecule is CCCN1CC[C@H]2NC(=O)COc3ccccc3CCCC[C@H]2C1. The molecule has 1 amide bonds. The summed E-state index contributed by atoms with van der Waals surface area (Å²) in [6.45, 7) is 5.76. The number of aryl methyl sites for hydroxylation is 1. The standard InChI is InChI=1S/C20H30N2O2/c1-2-12-22-13-11-18-17(14-22)9-4-3-7-16-8-5-6-10-19(16)24-15-20(23)21-18/h5-6,8,10,17-18H,2-4,7,9,11-15H2,1H3,(H,21,23)/t17-,18+/m0/s1. The molecule has 1 N–H and O–H groups in total. The molecule has 0 bridgehead atoms. The van der Waals surface area contributed by atoms with Crippen LogP contribution in [-0.4, -0.2) is 43.1 Å². The van der Waals surface area contributed by atoms with Crippen LogP contribution in [0.3, 0.4) is 0 Å². The van der Waals surface area contributed by atoms with Gasteiger partial charge in [-0.2, -0.15) is 0 Å².